The first-order valence-corrected chi connectivity index (χ1v) is 9.14. The molecule has 4 heteroatoms. The van der Waals surface area contributed by atoms with Crippen LogP contribution in [0.5, 0.6) is 0 Å². The standard InChI is InChI=1S/C24H18N4/c1-25-17-9-7-16(8-10-17)19-5-4-6-20-23(19)21-15-18(27(2)3)11-12-22(21)28-14-13-26-24(20)28/h4-15H,2-3H3. The van der Waals surface area contributed by atoms with Crippen molar-refractivity contribution in [2.45, 2.75) is 0 Å². The van der Waals surface area contributed by atoms with Gasteiger partial charge < -0.3 is 4.90 Å². The number of benzene rings is 3. The number of fused-ring (bicyclic) bond motifs is 6. The summed E-state index contributed by atoms with van der Waals surface area (Å²) < 4.78 is 2.16. The fraction of sp³-hybridized carbons (Fsp3) is 0.0833. The molecule has 3 aromatic carbocycles. The summed E-state index contributed by atoms with van der Waals surface area (Å²) in [5.74, 6) is 0. The van der Waals surface area contributed by atoms with E-state index in [-0.39, 0.29) is 0 Å². The molecule has 0 unspecified atom stereocenters. The second-order valence-corrected chi connectivity index (χ2v) is 7.10. The van der Waals surface area contributed by atoms with E-state index in [2.05, 4.69) is 69.6 Å². The molecule has 0 N–H and O–H groups in total. The molecule has 0 radical (unpaired) electrons. The minimum atomic E-state index is 0.652. The monoisotopic (exact) mass is 362 g/mol. The van der Waals surface area contributed by atoms with Crippen molar-refractivity contribution in [3.63, 3.8) is 0 Å². The van der Waals surface area contributed by atoms with Crippen molar-refractivity contribution in [2.24, 2.45) is 0 Å². The third-order valence-corrected chi connectivity index (χ3v) is 5.28. The van der Waals surface area contributed by atoms with E-state index in [1.54, 1.807) is 0 Å². The Morgan fingerprint density at radius 1 is 0.964 bits per heavy atom. The molecule has 0 atom stereocenters. The number of imidazole rings is 1. The first-order chi connectivity index (χ1) is 13.7. The highest BCUT2D eigenvalue weighted by atomic mass is 15.1. The number of aromatic nitrogens is 2. The lowest BCUT2D eigenvalue weighted by Gasteiger charge is -2.17. The van der Waals surface area contributed by atoms with Crippen LogP contribution < -0.4 is 4.90 Å². The summed E-state index contributed by atoms with van der Waals surface area (Å²) in [7, 11) is 4.12. The molecule has 0 aliphatic rings. The average molecular weight is 362 g/mol. The number of rotatable bonds is 2. The molecular formula is C24H18N4. The number of hydrogen-bond acceptors (Lipinski definition) is 2. The van der Waals surface area contributed by atoms with Crippen LogP contribution in [0.3, 0.4) is 0 Å². The topological polar surface area (TPSA) is 24.9 Å². The van der Waals surface area contributed by atoms with Gasteiger partial charge in [0.25, 0.3) is 0 Å². The Morgan fingerprint density at radius 3 is 2.54 bits per heavy atom. The van der Waals surface area contributed by atoms with Crippen LogP contribution in [0.4, 0.5) is 11.4 Å². The van der Waals surface area contributed by atoms with Crippen molar-refractivity contribution in [3.8, 4) is 11.1 Å². The maximum absolute atomic E-state index is 7.20. The molecule has 0 fully saturated rings. The van der Waals surface area contributed by atoms with Crippen molar-refractivity contribution >= 4 is 38.7 Å². The van der Waals surface area contributed by atoms with E-state index in [1.807, 2.05) is 36.7 Å². The van der Waals surface area contributed by atoms with Gasteiger partial charge in [-0.05, 0) is 29.3 Å². The van der Waals surface area contributed by atoms with Crippen LogP contribution in [0.15, 0.2) is 73.1 Å². The highest BCUT2D eigenvalue weighted by Gasteiger charge is 2.14. The van der Waals surface area contributed by atoms with E-state index in [0.29, 0.717) is 5.69 Å². The van der Waals surface area contributed by atoms with Crippen LogP contribution >= 0.6 is 0 Å². The summed E-state index contributed by atoms with van der Waals surface area (Å²) in [6.45, 7) is 7.20. The Hall–Kier alpha value is -3.84. The van der Waals surface area contributed by atoms with Gasteiger partial charge in [-0.2, -0.15) is 0 Å². The van der Waals surface area contributed by atoms with Gasteiger partial charge in [-0.3, -0.25) is 4.40 Å². The van der Waals surface area contributed by atoms with Gasteiger partial charge in [-0.25, -0.2) is 9.83 Å². The smallest absolute Gasteiger partial charge is 0.187 e. The van der Waals surface area contributed by atoms with E-state index < -0.39 is 0 Å². The molecule has 0 saturated carbocycles. The van der Waals surface area contributed by atoms with Gasteiger partial charge in [0.05, 0.1) is 12.1 Å². The molecule has 0 aliphatic carbocycles. The summed E-state index contributed by atoms with van der Waals surface area (Å²) in [6, 6.07) is 20.7. The molecule has 0 saturated heterocycles. The molecule has 134 valence electrons. The van der Waals surface area contributed by atoms with Crippen molar-refractivity contribution in [2.75, 3.05) is 19.0 Å². The summed E-state index contributed by atoms with van der Waals surface area (Å²) in [5.41, 5.74) is 6.16. The maximum Gasteiger partial charge on any atom is 0.187 e. The summed E-state index contributed by atoms with van der Waals surface area (Å²) in [4.78, 5) is 10.3. The van der Waals surface area contributed by atoms with Gasteiger partial charge in [0.15, 0.2) is 5.69 Å². The van der Waals surface area contributed by atoms with Crippen LogP contribution in [0.25, 0.3) is 43.3 Å². The first-order valence-electron chi connectivity index (χ1n) is 9.14. The van der Waals surface area contributed by atoms with Gasteiger partial charge in [-0.1, -0.05) is 42.5 Å². The van der Waals surface area contributed by atoms with Crippen molar-refractivity contribution in [1.82, 2.24) is 9.38 Å². The van der Waals surface area contributed by atoms with Crippen LogP contribution in [0.2, 0.25) is 0 Å². The maximum atomic E-state index is 7.20. The van der Waals surface area contributed by atoms with E-state index in [9.17, 15) is 0 Å². The van der Waals surface area contributed by atoms with Crippen molar-refractivity contribution in [1.29, 1.82) is 0 Å². The molecule has 0 bridgehead atoms. The predicted molar refractivity (Wildman–Crippen MR) is 116 cm³/mol. The molecule has 0 spiro atoms. The average Bonchev–Trinajstić information content (AvgIpc) is 3.23. The van der Waals surface area contributed by atoms with Gasteiger partial charge in [0, 0.05) is 48.3 Å². The van der Waals surface area contributed by atoms with Crippen LogP contribution in [0, 0.1) is 6.57 Å². The highest BCUT2D eigenvalue weighted by Crippen LogP contribution is 2.38. The zero-order chi connectivity index (χ0) is 19.3. The first kappa shape index (κ1) is 16.3. The third kappa shape index (κ3) is 2.34. The van der Waals surface area contributed by atoms with Gasteiger partial charge >= 0.3 is 0 Å². The number of pyridine rings is 1. The lowest BCUT2D eigenvalue weighted by atomic mass is 9.95. The normalized spacial score (nSPS) is 11.2. The molecule has 2 aromatic heterocycles. The third-order valence-electron chi connectivity index (χ3n) is 5.28. The summed E-state index contributed by atoms with van der Waals surface area (Å²) >= 11 is 0. The molecule has 28 heavy (non-hydrogen) atoms. The number of anilines is 1. The van der Waals surface area contributed by atoms with E-state index in [0.717, 1.165) is 33.4 Å². The predicted octanol–water partition coefficient (Wildman–Crippen LogP) is 5.92. The van der Waals surface area contributed by atoms with Crippen LogP contribution in [0.1, 0.15) is 0 Å². The molecule has 5 aromatic rings. The summed E-state index contributed by atoms with van der Waals surface area (Å²) in [5, 5.41) is 3.51. The zero-order valence-electron chi connectivity index (χ0n) is 15.7. The Balaban J connectivity index is 1.96. The fourth-order valence-corrected chi connectivity index (χ4v) is 3.89. The van der Waals surface area contributed by atoms with Crippen LogP contribution in [-0.4, -0.2) is 23.5 Å². The Labute approximate surface area is 163 Å². The second-order valence-electron chi connectivity index (χ2n) is 7.10. The quantitative estimate of drug-likeness (QED) is 0.287. The lowest BCUT2D eigenvalue weighted by molar-refractivity contribution is 1.13. The van der Waals surface area contributed by atoms with Crippen molar-refractivity contribution in [3.05, 3.63) is 84.5 Å². The Kier molecular flexibility index (Phi) is 3.56. The lowest BCUT2D eigenvalue weighted by Crippen LogP contribution is -2.08. The molecule has 0 aliphatic heterocycles. The fourth-order valence-electron chi connectivity index (χ4n) is 3.89. The zero-order valence-corrected chi connectivity index (χ0v) is 15.7. The van der Waals surface area contributed by atoms with Crippen molar-refractivity contribution < 1.29 is 0 Å². The van der Waals surface area contributed by atoms with Crippen LogP contribution in [-0.2, 0) is 0 Å². The second kappa shape index (κ2) is 6.11. The number of nitrogens with zero attached hydrogens (tertiary/aromatic N) is 4. The van der Waals surface area contributed by atoms with E-state index in [4.69, 9.17) is 6.57 Å². The SMILES string of the molecule is [C-]#[N+]c1ccc(-c2cccc3c2c2cc(N(C)C)ccc2n2ccnc32)cc1. The molecule has 5 rings (SSSR count). The molecule has 0 amide bonds. The molecule has 2 heterocycles. The minimum absolute atomic E-state index is 0.652. The minimum Gasteiger partial charge on any atom is -0.378 e. The van der Waals surface area contributed by atoms with Gasteiger partial charge in [0.1, 0.15) is 5.65 Å². The summed E-state index contributed by atoms with van der Waals surface area (Å²) in [6.07, 6.45) is 3.87. The van der Waals surface area contributed by atoms with Gasteiger partial charge in [0.2, 0.25) is 0 Å². The molecule has 4 nitrogen and oxygen atoms in total. The van der Waals surface area contributed by atoms with E-state index in [1.165, 1.54) is 10.8 Å². The Bertz CT molecular complexity index is 1390. The Morgan fingerprint density at radius 2 is 1.79 bits per heavy atom. The highest BCUT2D eigenvalue weighted by molar-refractivity contribution is 6.18. The van der Waals surface area contributed by atoms with E-state index >= 15 is 0 Å². The number of hydrogen-bond donors (Lipinski definition) is 0. The van der Waals surface area contributed by atoms with Gasteiger partial charge in [-0.15, -0.1) is 0 Å². The largest absolute Gasteiger partial charge is 0.378 e. The molecular weight excluding hydrogens is 344 g/mol.